The number of para-hydroxylation sites is 1. The first-order valence-corrected chi connectivity index (χ1v) is 8.96. The van der Waals surface area contributed by atoms with E-state index in [1.807, 2.05) is 35.2 Å². The van der Waals surface area contributed by atoms with Crippen molar-refractivity contribution in [2.24, 2.45) is 0 Å². The molecule has 1 aliphatic rings. The van der Waals surface area contributed by atoms with Crippen LogP contribution >= 0.6 is 0 Å². The lowest BCUT2D eigenvalue weighted by atomic mass is 10.1. The second-order valence-electron chi connectivity index (χ2n) is 6.50. The van der Waals surface area contributed by atoms with E-state index in [0.29, 0.717) is 37.1 Å². The second kappa shape index (κ2) is 8.63. The van der Waals surface area contributed by atoms with Crippen molar-refractivity contribution in [2.75, 3.05) is 13.1 Å². The molecule has 0 radical (unpaired) electrons. The Balaban J connectivity index is 1.48. The predicted octanol–water partition coefficient (Wildman–Crippen LogP) is 3.99. The lowest BCUT2D eigenvalue weighted by Crippen LogP contribution is -2.36. The summed E-state index contributed by atoms with van der Waals surface area (Å²) in [6, 6.07) is 16.2. The average molecular weight is 353 g/mol. The Kier molecular flexibility index (Phi) is 6.02. The number of hydrogen-bond donors (Lipinski definition) is 1. The van der Waals surface area contributed by atoms with Gasteiger partial charge >= 0.3 is 5.97 Å². The number of nitrogens with zero attached hydrogens (tertiary/aromatic N) is 1. The van der Waals surface area contributed by atoms with Crippen LogP contribution in [0.1, 0.15) is 36.0 Å². The molecule has 1 heterocycles. The molecule has 1 fully saturated rings. The number of carboxylic acid groups (broad SMARTS) is 1. The number of ketones is 1. The van der Waals surface area contributed by atoms with Gasteiger partial charge in [0.1, 0.15) is 17.5 Å². The smallest absolute Gasteiger partial charge is 0.320 e. The number of carbonyl (C=O) groups excluding carboxylic acids is 1. The molecule has 0 spiro atoms. The van der Waals surface area contributed by atoms with E-state index >= 15 is 0 Å². The van der Waals surface area contributed by atoms with E-state index in [2.05, 4.69) is 0 Å². The van der Waals surface area contributed by atoms with Gasteiger partial charge in [-0.1, -0.05) is 18.2 Å². The topological polar surface area (TPSA) is 66.8 Å². The Bertz CT molecular complexity index is 742. The predicted molar refractivity (Wildman–Crippen MR) is 98.8 cm³/mol. The molecule has 26 heavy (non-hydrogen) atoms. The molecule has 2 aromatic rings. The monoisotopic (exact) mass is 353 g/mol. The van der Waals surface area contributed by atoms with Crippen LogP contribution in [0.15, 0.2) is 54.6 Å². The quantitative estimate of drug-likeness (QED) is 0.727. The SMILES string of the molecule is O=C(CCCN1CCC[C@H]1C(=O)O)c1ccc(Oc2ccccc2)cc1. The summed E-state index contributed by atoms with van der Waals surface area (Å²) in [5.74, 6) is 0.754. The van der Waals surface area contributed by atoms with Gasteiger partial charge in [-0.3, -0.25) is 14.5 Å². The first-order chi connectivity index (χ1) is 12.6. The van der Waals surface area contributed by atoms with Gasteiger partial charge in [0, 0.05) is 12.0 Å². The van der Waals surface area contributed by atoms with Crippen molar-refractivity contribution in [2.45, 2.75) is 31.7 Å². The molecule has 0 amide bonds. The lowest BCUT2D eigenvalue weighted by molar-refractivity contribution is -0.142. The number of Topliss-reactive ketones (excluding diaryl/α,β-unsaturated/α-hetero) is 1. The zero-order valence-corrected chi connectivity index (χ0v) is 14.6. The van der Waals surface area contributed by atoms with E-state index in [1.54, 1.807) is 24.3 Å². The summed E-state index contributed by atoms with van der Waals surface area (Å²) in [4.78, 5) is 25.5. The molecular formula is C21H23NO4. The molecule has 136 valence electrons. The molecule has 5 nitrogen and oxygen atoms in total. The summed E-state index contributed by atoms with van der Waals surface area (Å²) in [5, 5.41) is 9.18. The zero-order valence-electron chi connectivity index (χ0n) is 14.6. The van der Waals surface area contributed by atoms with Crippen molar-refractivity contribution in [3.05, 3.63) is 60.2 Å². The minimum atomic E-state index is -0.761. The largest absolute Gasteiger partial charge is 0.480 e. The van der Waals surface area contributed by atoms with Crippen LogP contribution in [-0.2, 0) is 4.79 Å². The summed E-state index contributed by atoms with van der Waals surface area (Å²) in [5.41, 5.74) is 0.654. The number of hydrogen-bond acceptors (Lipinski definition) is 4. The number of benzene rings is 2. The highest BCUT2D eigenvalue weighted by Crippen LogP contribution is 2.22. The minimum Gasteiger partial charge on any atom is -0.480 e. The number of ether oxygens (including phenoxy) is 1. The number of carbonyl (C=O) groups is 2. The first kappa shape index (κ1) is 18.1. The van der Waals surface area contributed by atoms with Gasteiger partial charge in [-0.15, -0.1) is 0 Å². The first-order valence-electron chi connectivity index (χ1n) is 8.96. The van der Waals surface area contributed by atoms with E-state index in [0.717, 1.165) is 18.7 Å². The summed E-state index contributed by atoms with van der Waals surface area (Å²) in [7, 11) is 0. The van der Waals surface area contributed by atoms with Crippen LogP contribution in [0.3, 0.4) is 0 Å². The molecule has 2 aromatic carbocycles. The van der Waals surface area contributed by atoms with Crippen molar-refractivity contribution in [3.8, 4) is 11.5 Å². The zero-order chi connectivity index (χ0) is 18.4. The van der Waals surface area contributed by atoms with Crippen LogP contribution in [0.2, 0.25) is 0 Å². The molecular weight excluding hydrogens is 330 g/mol. The van der Waals surface area contributed by atoms with Crippen molar-refractivity contribution >= 4 is 11.8 Å². The standard InChI is InChI=1S/C21H23NO4/c23-20(9-5-15-22-14-4-8-19(22)21(24)25)16-10-12-18(13-11-16)26-17-6-2-1-3-7-17/h1-3,6-7,10-13,19H,4-5,8-9,14-15H2,(H,24,25)/t19-/m0/s1. The van der Waals surface area contributed by atoms with Gasteiger partial charge < -0.3 is 9.84 Å². The fourth-order valence-corrected chi connectivity index (χ4v) is 3.29. The summed E-state index contributed by atoms with van der Waals surface area (Å²) in [6.45, 7) is 1.45. The molecule has 1 N–H and O–H groups in total. The normalized spacial score (nSPS) is 17.2. The second-order valence-corrected chi connectivity index (χ2v) is 6.50. The highest BCUT2D eigenvalue weighted by molar-refractivity contribution is 5.96. The third-order valence-corrected chi connectivity index (χ3v) is 4.65. The molecule has 1 saturated heterocycles. The molecule has 0 bridgehead atoms. The highest BCUT2D eigenvalue weighted by atomic mass is 16.5. The maximum Gasteiger partial charge on any atom is 0.320 e. The Morgan fingerprint density at radius 1 is 1.04 bits per heavy atom. The minimum absolute atomic E-state index is 0.0716. The molecule has 0 unspecified atom stereocenters. The Hall–Kier alpha value is -2.66. The maximum atomic E-state index is 12.3. The fourth-order valence-electron chi connectivity index (χ4n) is 3.29. The van der Waals surface area contributed by atoms with Crippen LogP contribution in [0.5, 0.6) is 11.5 Å². The van der Waals surface area contributed by atoms with Crippen molar-refractivity contribution in [1.29, 1.82) is 0 Å². The van der Waals surface area contributed by atoms with Gasteiger partial charge in [0.05, 0.1) is 0 Å². The van der Waals surface area contributed by atoms with Crippen molar-refractivity contribution in [1.82, 2.24) is 4.90 Å². The van der Waals surface area contributed by atoms with E-state index in [-0.39, 0.29) is 11.8 Å². The summed E-state index contributed by atoms with van der Waals surface area (Å²) < 4.78 is 5.72. The van der Waals surface area contributed by atoms with Gasteiger partial charge in [-0.05, 0) is 68.8 Å². The Labute approximate surface area is 153 Å². The third-order valence-electron chi connectivity index (χ3n) is 4.65. The number of likely N-dealkylation sites (tertiary alicyclic amines) is 1. The van der Waals surface area contributed by atoms with Gasteiger partial charge in [0.25, 0.3) is 0 Å². The summed E-state index contributed by atoms with van der Waals surface area (Å²) in [6.07, 6.45) is 2.70. The Morgan fingerprint density at radius 2 is 1.73 bits per heavy atom. The molecule has 3 rings (SSSR count). The van der Waals surface area contributed by atoms with Gasteiger partial charge in [-0.25, -0.2) is 0 Å². The molecule has 0 saturated carbocycles. The van der Waals surface area contributed by atoms with Crippen molar-refractivity contribution < 1.29 is 19.4 Å². The molecule has 0 aromatic heterocycles. The lowest BCUT2D eigenvalue weighted by Gasteiger charge is -2.20. The van der Waals surface area contributed by atoms with Crippen LogP contribution in [0.25, 0.3) is 0 Å². The fraction of sp³-hybridized carbons (Fsp3) is 0.333. The van der Waals surface area contributed by atoms with Crippen LogP contribution in [0.4, 0.5) is 0 Å². The molecule has 5 heteroatoms. The van der Waals surface area contributed by atoms with Crippen LogP contribution in [-0.4, -0.2) is 40.9 Å². The van der Waals surface area contributed by atoms with Gasteiger partial charge in [0.15, 0.2) is 5.78 Å². The Morgan fingerprint density at radius 3 is 2.42 bits per heavy atom. The third kappa shape index (κ3) is 4.70. The van der Waals surface area contributed by atoms with Crippen LogP contribution < -0.4 is 4.74 Å². The maximum absolute atomic E-state index is 12.3. The number of aliphatic carboxylic acids is 1. The number of carboxylic acids is 1. The molecule has 1 atom stereocenters. The number of rotatable bonds is 8. The molecule has 1 aliphatic heterocycles. The van der Waals surface area contributed by atoms with Crippen molar-refractivity contribution in [3.63, 3.8) is 0 Å². The van der Waals surface area contributed by atoms with E-state index in [4.69, 9.17) is 4.74 Å². The van der Waals surface area contributed by atoms with Crippen LogP contribution in [0, 0.1) is 0 Å². The van der Waals surface area contributed by atoms with E-state index in [9.17, 15) is 14.7 Å². The summed E-state index contributed by atoms with van der Waals surface area (Å²) >= 11 is 0. The van der Waals surface area contributed by atoms with Gasteiger partial charge in [0.2, 0.25) is 0 Å². The van der Waals surface area contributed by atoms with E-state index < -0.39 is 5.97 Å². The van der Waals surface area contributed by atoms with E-state index in [1.165, 1.54) is 0 Å². The highest BCUT2D eigenvalue weighted by Gasteiger charge is 2.29. The average Bonchev–Trinajstić information content (AvgIpc) is 3.12. The van der Waals surface area contributed by atoms with Gasteiger partial charge in [-0.2, -0.15) is 0 Å². The molecule has 0 aliphatic carbocycles.